The summed E-state index contributed by atoms with van der Waals surface area (Å²) in [6, 6.07) is 11.1. The van der Waals surface area contributed by atoms with Gasteiger partial charge in [0, 0.05) is 18.2 Å². The van der Waals surface area contributed by atoms with Gasteiger partial charge >= 0.3 is 0 Å². The summed E-state index contributed by atoms with van der Waals surface area (Å²) in [5.41, 5.74) is -0.476. The highest BCUT2D eigenvalue weighted by Gasteiger charge is 2.34. The van der Waals surface area contributed by atoms with Crippen LogP contribution in [0.1, 0.15) is 24.0 Å². The quantitative estimate of drug-likeness (QED) is 0.472. The van der Waals surface area contributed by atoms with Crippen LogP contribution in [0.4, 0.5) is 8.78 Å². The lowest BCUT2D eigenvalue weighted by Crippen LogP contribution is -2.43. The van der Waals surface area contributed by atoms with Crippen molar-refractivity contribution in [2.75, 3.05) is 26.7 Å². The number of hydrogen-bond donors (Lipinski definition) is 1. The molecule has 1 aromatic heterocycles. The largest absolute Gasteiger partial charge is 0.493 e. The average molecular weight is 430 g/mol. The van der Waals surface area contributed by atoms with Gasteiger partial charge in [-0.25, -0.2) is 18.4 Å². The number of aromatic nitrogens is 3. The van der Waals surface area contributed by atoms with Crippen LogP contribution in [0.25, 0.3) is 0 Å². The summed E-state index contributed by atoms with van der Waals surface area (Å²) in [5.74, 6) is -0.598. The standard InChI is InChI=1S/C23H28F2N4O2/c1-18-7-3-4-8-22(18)31-12-6-5-11-28(2)14-23(30,15-29-17-26-16-27-29)20-10-9-19(24)13-21(20)25/h3-4,7-10,13,16-17,30H,5-6,11-12,14-15H2,1-2H3. The van der Waals surface area contributed by atoms with Gasteiger partial charge in [0.05, 0.1) is 13.2 Å². The Balaban J connectivity index is 1.58. The lowest BCUT2D eigenvalue weighted by molar-refractivity contribution is -0.0161. The first kappa shape index (κ1) is 22.8. The molecule has 1 N–H and O–H groups in total. The van der Waals surface area contributed by atoms with Gasteiger partial charge in [0.2, 0.25) is 0 Å². The molecule has 1 heterocycles. The summed E-state index contributed by atoms with van der Waals surface area (Å²) >= 11 is 0. The Kier molecular flexibility index (Phi) is 7.70. The van der Waals surface area contributed by atoms with Crippen LogP contribution in [0, 0.1) is 18.6 Å². The number of unbranched alkanes of at least 4 members (excludes halogenated alkanes) is 1. The van der Waals surface area contributed by atoms with Crippen molar-refractivity contribution >= 4 is 0 Å². The second-order valence-corrected chi connectivity index (χ2v) is 7.81. The van der Waals surface area contributed by atoms with E-state index in [9.17, 15) is 13.9 Å². The maximum Gasteiger partial charge on any atom is 0.137 e. The monoisotopic (exact) mass is 430 g/mol. The first-order valence-electron chi connectivity index (χ1n) is 10.2. The van der Waals surface area contributed by atoms with Gasteiger partial charge in [-0.15, -0.1) is 0 Å². The fourth-order valence-corrected chi connectivity index (χ4v) is 3.58. The molecule has 1 atom stereocenters. The number of para-hydroxylation sites is 1. The van der Waals surface area contributed by atoms with Gasteiger partial charge in [0.15, 0.2) is 0 Å². The van der Waals surface area contributed by atoms with E-state index in [0.29, 0.717) is 13.2 Å². The Labute approximate surface area is 181 Å². The van der Waals surface area contributed by atoms with Gasteiger partial charge in [-0.1, -0.05) is 24.3 Å². The smallest absolute Gasteiger partial charge is 0.137 e. The van der Waals surface area contributed by atoms with Crippen molar-refractivity contribution in [2.45, 2.75) is 31.9 Å². The van der Waals surface area contributed by atoms with Crippen molar-refractivity contribution < 1.29 is 18.6 Å². The topological polar surface area (TPSA) is 63.4 Å². The van der Waals surface area contributed by atoms with Crippen LogP contribution in [-0.2, 0) is 12.1 Å². The Morgan fingerprint density at radius 2 is 1.97 bits per heavy atom. The lowest BCUT2D eigenvalue weighted by Gasteiger charge is -2.33. The lowest BCUT2D eigenvalue weighted by atomic mass is 9.92. The highest BCUT2D eigenvalue weighted by Crippen LogP contribution is 2.27. The van der Waals surface area contributed by atoms with E-state index in [1.165, 1.54) is 23.4 Å². The first-order valence-corrected chi connectivity index (χ1v) is 10.2. The fraction of sp³-hybridized carbons (Fsp3) is 0.391. The van der Waals surface area contributed by atoms with Crippen LogP contribution in [0.3, 0.4) is 0 Å². The molecule has 0 aliphatic heterocycles. The predicted octanol–water partition coefficient (Wildman–Crippen LogP) is 3.54. The summed E-state index contributed by atoms with van der Waals surface area (Å²) in [4.78, 5) is 5.80. The van der Waals surface area contributed by atoms with Gasteiger partial charge in [-0.2, -0.15) is 5.10 Å². The number of rotatable bonds is 11. The van der Waals surface area contributed by atoms with Gasteiger partial charge in [-0.3, -0.25) is 0 Å². The molecule has 0 radical (unpaired) electrons. The normalized spacial score (nSPS) is 13.4. The zero-order valence-corrected chi connectivity index (χ0v) is 17.8. The molecule has 8 heteroatoms. The molecular weight excluding hydrogens is 402 g/mol. The molecule has 0 aliphatic carbocycles. The van der Waals surface area contributed by atoms with Crippen molar-refractivity contribution in [3.63, 3.8) is 0 Å². The Morgan fingerprint density at radius 3 is 2.68 bits per heavy atom. The predicted molar refractivity (Wildman–Crippen MR) is 114 cm³/mol. The highest BCUT2D eigenvalue weighted by molar-refractivity contribution is 5.31. The number of aliphatic hydroxyl groups is 1. The summed E-state index contributed by atoms with van der Waals surface area (Å²) in [6.07, 6.45) is 4.48. The van der Waals surface area contributed by atoms with Crippen molar-refractivity contribution in [1.29, 1.82) is 0 Å². The zero-order chi connectivity index (χ0) is 22.3. The molecule has 2 aromatic carbocycles. The average Bonchev–Trinajstić information content (AvgIpc) is 3.21. The highest BCUT2D eigenvalue weighted by atomic mass is 19.1. The van der Waals surface area contributed by atoms with Crippen LogP contribution < -0.4 is 4.74 Å². The van der Waals surface area contributed by atoms with Crippen molar-refractivity contribution in [2.24, 2.45) is 0 Å². The van der Waals surface area contributed by atoms with Gasteiger partial charge in [-0.05, 0) is 51.1 Å². The van der Waals surface area contributed by atoms with E-state index in [1.807, 2.05) is 43.1 Å². The van der Waals surface area contributed by atoms with E-state index in [-0.39, 0.29) is 18.7 Å². The fourth-order valence-electron chi connectivity index (χ4n) is 3.58. The molecule has 3 aromatic rings. The third-order valence-electron chi connectivity index (χ3n) is 5.14. The van der Waals surface area contributed by atoms with Crippen molar-refractivity contribution in [1.82, 2.24) is 19.7 Å². The van der Waals surface area contributed by atoms with E-state index in [4.69, 9.17) is 4.74 Å². The van der Waals surface area contributed by atoms with Crippen LogP contribution >= 0.6 is 0 Å². The molecular formula is C23H28F2N4O2. The van der Waals surface area contributed by atoms with Crippen LogP contribution in [0.2, 0.25) is 0 Å². The number of benzene rings is 2. The molecule has 3 rings (SSSR count). The molecule has 0 saturated heterocycles. The number of halogens is 2. The minimum atomic E-state index is -1.60. The number of ether oxygens (including phenoxy) is 1. The Bertz CT molecular complexity index is 968. The van der Waals surface area contributed by atoms with Gasteiger partial charge < -0.3 is 14.7 Å². The summed E-state index contributed by atoms with van der Waals surface area (Å²) in [5, 5.41) is 15.4. The maximum atomic E-state index is 14.5. The first-order chi connectivity index (χ1) is 14.9. The summed E-state index contributed by atoms with van der Waals surface area (Å²) in [7, 11) is 1.86. The third-order valence-corrected chi connectivity index (χ3v) is 5.14. The molecule has 166 valence electrons. The molecule has 0 spiro atoms. The summed E-state index contributed by atoms with van der Waals surface area (Å²) < 4.78 is 35.1. The number of likely N-dealkylation sites (N-methyl/N-ethyl adjacent to an activating group) is 1. The van der Waals surface area contributed by atoms with Gasteiger partial charge in [0.1, 0.15) is 35.6 Å². The summed E-state index contributed by atoms with van der Waals surface area (Å²) in [6.45, 7) is 3.42. The SMILES string of the molecule is Cc1ccccc1OCCCCN(C)CC(O)(Cn1cncn1)c1ccc(F)cc1F. The zero-order valence-electron chi connectivity index (χ0n) is 17.8. The molecule has 0 fully saturated rings. The molecule has 0 bridgehead atoms. The molecule has 0 amide bonds. The van der Waals surface area contributed by atoms with Gasteiger partial charge in [0.25, 0.3) is 0 Å². The second-order valence-electron chi connectivity index (χ2n) is 7.81. The Hall–Kier alpha value is -2.84. The van der Waals surface area contributed by atoms with E-state index in [1.54, 1.807) is 0 Å². The molecule has 0 saturated carbocycles. The molecule has 0 aliphatic rings. The number of aryl methyl sites for hydroxylation is 1. The van der Waals surface area contributed by atoms with E-state index >= 15 is 0 Å². The van der Waals surface area contributed by atoms with E-state index < -0.39 is 17.2 Å². The van der Waals surface area contributed by atoms with Crippen LogP contribution in [0.5, 0.6) is 5.75 Å². The number of nitrogens with zero attached hydrogens (tertiary/aromatic N) is 4. The number of hydrogen-bond acceptors (Lipinski definition) is 5. The van der Waals surface area contributed by atoms with Crippen LogP contribution in [-0.4, -0.2) is 51.5 Å². The molecule has 1 unspecified atom stereocenters. The Morgan fingerprint density at radius 1 is 1.16 bits per heavy atom. The van der Waals surface area contributed by atoms with E-state index in [0.717, 1.165) is 36.3 Å². The van der Waals surface area contributed by atoms with Crippen LogP contribution in [0.15, 0.2) is 55.1 Å². The minimum Gasteiger partial charge on any atom is -0.493 e. The maximum absolute atomic E-state index is 14.5. The molecule has 6 nitrogen and oxygen atoms in total. The van der Waals surface area contributed by atoms with Crippen molar-refractivity contribution in [3.05, 3.63) is 77.9 Å². The third kappa shape index (κ3) is 6.32. The molecule has 31 heavy (non-hydrogen) atoms. The minimum absolute atomic E-state index is 0.00368. The second kappa shape index (κ2) is 10.5. The van der Waals surface area contributed by atoms with E-state index in [2.05, 4.69) is 10.1 Å². The van der Waals surface area contributed by atoms with Crippen molar-refractivity contribution in [3.8, 4) is 5.75 Å².